The average molecular weight is 416 g/mol. The maximum Gasteiger partial charge on any atom is 0.191 e. The van der Waals surface area contributed by atoms with E-state index in [9.17, 15) is 4.79 Å². The Hall–Kier alpha value is -3.38. The fourth-order valence-electron chi connectivity index (χ4n) is 3.02. The minimum Gasteiger partial charge on any atom is -0.457 e. The highest BCUT2D eigenvalue weighted by atomic mass is 32.2. The van der Waals surface area contributed by atoms with Crippen LogP contribution in [0.15, 0.2) is 84.0 Å². The minimum atomic E-state index is 0.0337. The van der Waals surface area contributed by atoms with Crippen LogP contribution in [0.3, 0.4) is 0 Å². The van der Waals surface area contributed by atoms with Crippen LogP contribution in [-0.4, -0.2) is 26.3 Å². The lowest BCUT2D eigenvalue weighted by molar-refractivity contribution is 0.102. The number of ether oxygens (including phenoxy) is 1. The van der Waals surface area contributed by atoms with E-state index in [0.29, 0.717) is 22.2 Å². The molecule has 0 atom stereocenters. The molecule has 0 aliphatic heterocycles. The molecule has 0 aliphatic rings. The molecular weight excluding hydrogens is 394 g/mol. The van der Waals surface area contributed by atoms with E-state index >= 15 is 0 Å². The first-order chi connectivity index (χ1) is 14.6. The number of benzene rings is 3. The molecule has 30 heavy (non-hydrogen) atoms. The Morgan fingerprint density at radius 2 is 1.67 bits per heavy atom. The molecule has 3 aromatic carbocycles. The lowest BCUT2D eigenvalue weighted by Gasteiger charge is -2.07. The van der Waals surface area contributed by atoms with Crippen molar-refractivity contribution in [1.82, 2.24) is 14.8 Å². The van der Waals surface area contributed by atoms with Crippen molar-refractivity contribution in [3.05, 3.63) is 90.0 Å². The Morgan fingerprint density at radius 3 is 2.40 bits per heavy atom. The molecule has 0 aliphatic carbocycles. The van der Waals surface area contributed by atoms with Crippen molar-refractivity contribution < 1.29 is 9.53 Å². The Labute approximate surface area is 179 Å². The van der Waals surface area contributed by atoms with Crippen LogP contribution in [0.4, 0.5) is 0 Å². The monoisotopic (exact) mass is 415 g/mol. The van der Waals surface area contributed by atoms with E-state index in [1.165, 1.54) is 17.3 Å². The molecule has 0 N–H and O–H groups in total. The summed E-state index contributed by atoms with van der Waals surface area (Å²) in [5.74, 6) is 2.57. The standard InChI is InChI=1S/C24H21N3O2S/c1-17-7-6-8-19(15-17)23-25-26-24(27(23)2)30-16-22(28)18-11-13-21(14-12-18)29-20-9-4-3-5-10-20/h3-15H,16H2,1-2H3. The quantitative estimate of drug-likeness (QED) is 0.292. The van der Waals surface area contributed by atoms with Crippen molar-refractivity contribution in [2.45, 2.75) is 12.1 Å². The maximum atomic E-state index is 12.6. The van der Waals surface area contributed by atoms with Gasteiger partial charge in [-0.1, -0.05) is 53.7 Å². The van der Waals surface area contributed by atoms with Crippen molar-refractivity contribution in [2.24, 2.45) is 7.05 Å². The summed E-state index contributed by atoms with van der Waals surface area (Å²) < 4.78 is 7.69. The van der Waals surface area contributed by atoms with E-state index in [0.717, 1.165) is 17.1 Å². The van der Waals surface area contributed by atoms with E-state index < -0.39 is 0 Å². The van der Waals surface area contributed by atoms with Gasteiger partial charge in [0, 0.05) is 18.2 Å². The number of aryl methyl sites for hydroxylation is 1. The molecule has 0 radical (unpaired) electrons. The fraction of sp³-hybridized carbons (Fsp3) is 0.125. The summed E-state index contributed by atoms with van der Waals surface area (Å²) in [5, 5.41) is 9.26. The summed E-state index contributed by atoms with van der Waals surface area (Å²) >= 11 is 1.39. The second-order valence-electron chi connectivity index (χ2n) is 6.89. The van der Waals surface area contributed by atoms with Crippen LogP contribution < -0.4 is 4.74 Å². The second-order valence-corrected chi connectivity index (χ2v) is 7.83. The molecule has 4 aromatic rings. The van der Waals surface area contributed by atoms with Crippen LogP contribution in [-0.2, 0) is 7.05 Å². The van der Waals surface area contributed by atoms with Crippen molar-refractivity contribution in [3.8, 4) is 22.9 Å². The number of carbonyl (C=O) groups excluding carboxylic acids is 1. The smallest absolute Gasteiger partial charge is 0.191 e. The normalized spacial score (nSPS) is 10.7. The summed E-state index contributed by atoms with van der Waals surface area (Å²) in [6.07, 6.45) is 0. The Kier molecular flexibility index (Phi) is 5.95. The van der Waals surface area contributed by atoms with E-state index in [4.69, 9.17) is 4.74 Å². The first-order valence-corrected chi connectivity index (χ1v) is 10.5. The van der Waals surface area contributed by atoms with E-state index in [2.05, 4.69) is 16.3 Å². The highest BCUT2D eigenvalue weighted by Gasteiger charge is 2.14. The number of thioether (sulfide) groups is 1. The lowest BCUT2D eigenvalue weighted by Crippen LogP contribution is -2.04. The molecule has 0 saturated carbocycles. The van der Waals surface area contributed by atoms with E-state index in [1.807, 2.05) is 79.2 Å². The van der Waals surface area contributed by atoms with E-state index in [1.54, 1.807) is 12.1 Å². The maximum absolute atomic E-state index is 12.6. The SMILES string of the molecule is Cc1cccc(-c2nnc(SCC(=O)c3ccc(Oc4ccccc4)cc3)n2C)c1. The van der Waals surface area contributed by atoms with Crippen molar-refractivity contribution in [1.29, 1.82) is 0 Å². The third-order valence-electron chi connectivity index (χ3n) is 4.60. The Balaban J connectivity index is 1.39. The van der Waals surface area contributed by atoms with Gasteiger partial charge >= 0.3 is 0 Å². The molecule has 0 spiro atoms. The lowest BCUT2D eigenvalue weighted by atomic mass is 10.1. The van der Waals surface area contributed by atoms with E-state index in [-0.39, 0.29) is 5.78 Å². The van der Waals surface area contributed by atoms with Crippen molar-refractivity contribution >= 4 is 17.5 Å². The summed E-state index contributed by atoms with van der Waals surface area (Å²) in [5.41, 5.74) is 2.82. The molecule has 0 saturated heterocycles. The van der Waals surface area contributed by atoms with Crippen molar-refractivity contribution in [3.63, 3.8) is 0 Å². The third kappa shape index (κ3) is 4.60. The fourth-order valence-corrected chi connectivity index (χ4v) is 3.83. The molecule has 4 rings (SSSR count). The second kappa shape index (κ2) is 8.97. The van der Waals surface area contributed by atoms with Gasteiger partial charge in [-0.05, 0) is 49.4 Å². The van der Waals surface area contributed by atoms with Crippen molar-refractivity contribution in [2.75, 3.05) is 5.75 Å². The van der Waals surface area contributed by atoms with Gasteiger partial charge in [-0.3, -0.25) is 4.79 Å². The molecular formula is C24H21N3O2S. The minimum absolute atomic E-state index is 0.0337. The highest BCUT2D eigenvalue weighted by molar-refractivity contribution is 7.99. The van der Waals surface area contributed by atoms with Crippen LogP contribution in [0, 0.1) is 6.92 Å². The zero-order valence-corrected chi connectivity index (χ0v) is 17.6. The first kappa shape index (κ1) is 19.9. The van der Waals surface area contributed by atoms with Gasteiger partial charge in [0.2, 0.25) is 0 Å². The van der Waals surface area contributed by atoms with Gasteiger partial charge in [0.15, 0.2) is 16.8 Å². The van der Waals surface area contributed by atoms with Crippen LogP contribution in [0.2, 0.25) is 0 Å². The number of aromatic nitrogens is 3. The zero-order chi connectivity index (χ0) is 20.9. The molecule has 150 valence electrons. The van der Waals surface area contributed by atoms with Gasteiger partial charge < -0.3 is 9.30 Å². The topological polar surface area (TPSA) is 57.0 Å². The summed E-state index contributed by atoms with van der Waals surface area (Å²) in [6, 6.07) is 24.9. The van der Waals surface area contributed by atoms with Gasteiger partial charge in [-0.2, -0.15) is 0 Å². The first-order valence-electron chi connectivity index (χ1n) is 9.55. The summed E-state index contributed by atoms with van der Waals surface area (Å²) in [6.45, 7) is 2.05. The molecule has 0 amide bonds. The summed E-state index contributed by atoms with van der Waals surface area (Å²) in [7, 11) is 1.92. The number of hydrogen-bond acceptors (Lipinski definition) is 5. The van der Waals surface area contributed by atoms with Gasteiger partial charge in [0.1, 0.15) is 11.5 Å². The molecule has 0 fully saturated rings. The Bertz CT molecular complexity index is 1150. The number of rotatable bonds is 7. The van der Waals surface area contributed by atoms with Gasteiger partial charge in [0.05, 0.1) is 5.75 Å². The van der Waals surface area contributed by atoms with Crippen LogP contribution in [0.5, 0.6) is 11.5 Å². The number of nitrogens with zero attached hydrogens (tertiary/aromatic N) is 3. The molecule has 0 unspecified atom stereocenters. The van der Waals surface area contributed by atoms with Gasteiger partial charge in [0.25, 0.3) is 0 Å². The molecule has 0 bridgehead atoms. The molecule has 1 heterocycles. The average Bonchev–Trinajstić information content (AvgIpc) is 3.13. The van der Waals surface area contributed by atoms with Gasteiger partial charge in [-0.25, -0.2) is 0 Å². The predicted molar refractivity (Wildman–Crippen MR) is 119 cm³/mol. The van der Waals surface area contributed by atoms with Crippen LogP contribution >= 0.6 is 11.8 Å². The molecule has 5 nitrogen and oxygen atoms in total. The van der Waals surface area contributed by atoms with Crippen LogP contribution in [0.25, 0.3) is 11.4 Å². The van der Waals surface area contributed by atoms with Gasteiger partial charge in [-0.15, -0.1) is 10.2 Å². The summed E-state index contributed by atoms with van der Waals surface area (Å²) in [4.78, 5) is 12.6. The van der Waals surface area contributed by atoms with Crippen LogP contribution in [0.1, 0.15) is 15.9 Å². The number of carbonyl (C=O) groups is 1. The number of ketones is 1. The molecule has 6 heteroatoms. The number of para-hydroxylation sites is 1. The molecule has 1 aromatic heterocycles. The Morgan fingerprint density at radius 1 is 0.933 bits per heavy atom. The largest absolute Gasteiger partial charge is 0.457 e. The predicted octanol–water partition coefficient (Wildman–Crippen LogP) is 5.56. The number of Topliss-reactive ketones (excluding diaryl/α,β-unsaturated/α-hetero) is 1. The zero-order valence-electron chi connectivity index (χ0n) is 16.8. The third-order valence-corrected chi connectivity index (χ3v) is 5.62. The number of hydrogen-bond donors (Lipinski definition) is 0. The highest BCUT2D eigenvalue weighted by Crippen LogP contribution is 2.25.